The zero-order chi connectivity index (χ0) is 80.9. The van der Waals surface area contributed by atoms with Gasteiger partial charge in [-0.2, -0.15) is 0 Å². The Balaban J connectivity index is 0.000000142. The van der Waals surface area contributed by atoms with Gasteiger partial charge >= 0.3 is 0 Å². The normalized spacial score (nSPS) is 11.7. The Morgan fingerprint density at radius 3 is 0.844 bits per heavy atom. The minimum Gasteiger partial charge on any atom is -0.456 e. The molecule has 0 saturated heterocycles. The molecule has 122 heavy (non-hydrogen) atoms. The molecule has 0 atom stereocenters. The maximum absolute atomic E-state index is 7.29. The monoisotopic (exact) mass is 1690 g/mol. The molecule has 5 heterocycles. The SMILES string of the molecule is Brc1cc2oc3cc(Br)c4ccccc4c3c2c2ccccc12.c1ccc(-c2cccc3c2oc2c(N(c4ccccc4)c4cc5oc6cc(N(c7ccccc7)c7cccc8c7oc7c(-c9ccccc9)cccc78)c7ccccc7c6c5c5ccccc45)cccc23)cc1.c1ccc(Nc2cccc3c2oc2c(-c4ccccc4)cccc23)cc1. The quantitative estimate of drug-likeness (QED) is 0.137. The number of fused-ring (bicyclic) bond motifs is 23. The van der Waals surface area contributed by atoms with Crippen molar-refractivity contribution in [2.24, 2.45) is 0 Å². The van der Waals surface area contributed by atoms with Crippen molar-refractivity contribution in [2.45, 2.75) is 0 Å². The second kappa shape index (κ2) is 30.0. The van der Waals surface area contributed by atoms with Gasteiger partial charge in [0.15, 0.2) is 16.7 Å². The molecule has 25 aromatic rings. The third-order valence-electron chi connectivity index (χ3n) is 23.7. The first-order valence-corrected chi connectivity index (χ1v) is 42.4. The molecule has 576 valence electrons. The number of nitrogens with one attached hydrogen (secondary N) is 1. The van der Waals surface area contributed by atoms with Gasteiger partial charge in [0.2, 0.25) is 0 Å². The third kappa shape index (κ3) is 12.2. The summed E-state index contributed by atoms with van der Waals surface area (Å²) in [4.78, 5) is 4.67. The van der Waals surface area contributed by atoms with Crippen LogP contribution in [0.3, 0.4) is 0 Å². The van der Waals surface area contributed by atoms with Crippen molar-refractivity contribution in [3.8, 4) is 33.4 Å². The largest absolute Gasteiger partial charge is 0.456 e. The van der Waals surface area contributed by atoms with Gasteiger partial charge in [-0.15, -0.1) is 0 Å². The average Bonchev–Trinajstić information content (AvgIpc) is 1.53. The predicted molar refractivity (Wildman–Crippen MR) is 517 cm³/mol. The van der Waals surface area contributed by atoms with Crippen LogP contribution < -0.4 is 15.1 Å². The summed E-state index contributed by atoms with van der Waals surface area (Å²) < 4.78 is 36.1. The van der Waals surface area contributed by atoms with Gasteiger partial charge in [-0.1, -0.05) is 366 Å². The van der Waals surface area contributed by atoms with Crippen LogP contribution in [0.25, 0.3) is 186 Å². The number of halogens is 2. The number of para-hydroxylation sites is 9. The molecule has 0 spiro atoms. The molecule has 0 radical (unpaired) electrons. The van der Waals surface area contributed by atoms with Crippen LogP contribution in [-0.2, 0) is 0 Å². The van der Waals surface area contributed by atoms with E-state index in [1.807, 2.05) is 36.4 Å². The summed E-state index contributed by atoms with van der Waals surface area (Å²) in [6, 6.07) is 144. The summed E-state index contributed by atoms with van der Waals surface area (Å²) >= 11 is 7.34. The van der Waals surface area contributed by atoms with Crippen LogP contribution in [0, 0.1) is 0 Å². The number of benzene rings is 20. The van der Waals surface area contributed by atoms with E-state index in [1.54, 1.807) is 0 Å². The van der Waals surface area contributed by atoms with Crippen molar-refractivity contribution in [1.82, 2.24) is 0 Å². The van der Waals surface area contributed by atoms with E-state index in [2.05, 4.69) is 423 Å². The van der Waals surface area contributed by atoms with E-state index in [1.165, 1.54) is 32.3 Å². The molecule has 0 fully saturated rings. The number of hydrogen-bond acceptors (Lipinski definition) is 8. The Morgan fingerprint density at radius 1 is 0.197 bits per heavy atom. The highest BCUT2D eigenvalue weighted by Crippen LogP contribution is 2.54. The highest BCUT2D eigenvalue weighted by atomic mass is 79.9. The zero-order valence-corrected chi connectivity index (χ0v) is 68.6. The van der Waals surface area contributed by atoms with Crippen molar-refractivity contribution in [3.63, 3.8) is 0 Å². The fourth-order valence-electron chi connectivity index (χ4n) is 18.3. The van der Waals surface area contributed by atoms with Crippen LogP contribution in [0.1, 0.15) is 0 Å². The fraction of sp³-hybridized carbons (Fsp3) is 0. The van der Waals surface area contributed by atoms with Gasteiger partial charge in [0.25, 0.3) is 0 Å². The fourth-order valence-corrected chi connectivity index (χ4v) is 19.4. The predicted octanol–water partition coefficient (Wildman–Crippen LogP) is 34.4. The van der Waals surface area contributed by atoms with Gasteiger partial charge in [-0.05, 0) is 116 Å². The molecule has 1 N–H and O–H groups in total. The molecule has 5 aromatic heterocycles. The minimum absolute atomic E-state index is 0.786. The molecule has 0 bridgehead atoms. The number of rotatable bonds is 11. The minimum atomic E-state index is 0.786. The molecule has 20 aromatic carbocycles. The third-order valence-corrected chi connectivity index (χ3v) is 25.0. The van der Waals surface area contributed by atoms with Crippen molar-refractivity contribution in [2.75, 3.05) is 15.1 Å². The summed E-state index contributed by atoms with van der Waals surface area (Å²) in [6.07, 6.45) is 0. The van der Waals surface area contributed by atoms with Gasteiger partial charge in [0.05, 0.1) is 28.4 Å². The van der Waals surface area contributed by atoms with Crippen molar-refractivity contribution >= 4 is 230 Å². The molecule has 0 saturated carbocycles. The summed E-state index contributed by atoms with van der Waals surface area (Å²) in [5.74, 6) is 0. The molecule has 0 aliphatic rings. The number of anilines is 8. The molecule has 0 amide bonds. The lowest BCUT2D eigenvalue weighted by atomic mass is 9.96. The first kappa shape index (κ1) is 72.1. The highest BCUT2D eigenvalue weighted by Gasteiger charge is 2.29. The Bertz CT molecular complexity index is 8000. The van der Waals surface area contributed by atoms with E-state index >= 15 is 0 Å². The molecular formula is C112H69Br2N3O5. The van der Waals surface area contributed by atoms with E-state index in [0.29, 0.717) is 0 Å². The van der Waals surface area contributed by atoms with E-state index in [-0.39, 0.29) is 0 Å². The number of furan rings is 5. The lowest BCUT2D eigenvalue weighted by Crippen LogP contribution is -2.11. The summed E-state index contributed by atoms with van der Waals surface area (Å²) in [5.41, 5.74) is 23.0. The van der Waals surface area contributed by atoms with E-state index in [0.717, 1.165) is 208 Å². The molecule has 10 heteroatoms. The van der Waals surface area contributed by atoms with Crippen LogP contribution in [-0.4, -0.2) is 0 Å². The molecule has 0 aliphatic carbocycles. The molecule has 0 aliphatic heterocycles. The lowest BCUT2D eigenvalue weighted by molar-refractivity contribution is 0.668. The van der Waals surface area contributed by atoms with Crippen LogP contribution in [0.5, 0.6) is 0 Å². The molecule has 8 nitrogen and oxygen atoms in total. The first-order valence-electron chi connectivity index (χ1n) is 40.8. The van der Waals surface area contributed by atoms with Gasteiger partial charge in [-0.25, -0.2) is 0 Å². The highest BCUT2D eigenvalue weighted by molar-refractivity contribution is 9.11. The maximum Gasteiger partial charge on any atom is 0.159 e. The second-order valence-corrected chi connectivity index (χ2v) is 32.4. The maximum atomic E-state index is 7.29. The topological polar surface area (TPSA) is 84.2 Å². The number of nitrogens with zero attached hydrogens (tertiary/aromatic N) is 2. The van der Waals surface area contributed by atoms with Gasteiger partial charge in [0.1, 0.15) is 39.1 Å². The van der Waals surface area contributed by atoms with Gasteiger partial charge < -0.3 is 37.2 Å². The van der Waals surface area contributed by atoms with Crippen LogP contribution in [0.4, 0.5) is 45.5 Å². The molecular weight excluding hydrogens is 1630 g/mol. The Morgan fingerprint density at radius 2 is 0.467 bits per heavy atom. The van der Waals surface area contributed by atoms with Gasteiger partial charge in [0, 0.05) is 119 Å². The smallest absolute Gasteiger partial charge is 0.159 e. The Kier molecular flexibility index (Phi) is 17.7. The Labute approximate surface area is 716 Å². The van der Waals surface area contributed by atoms with Gasteiger partial charge in [-0.3, -0.25) is 0 Å². The average molecular weight is 1700 g/mol. The zero-order valence-electron chi connectivity index (χ0n) is 65.5. The summed E-state index contributed by atoms with van der Waals surface area (Å²) in [5, 5.41) is 23.7. The van der Waals surface area contributed by atoms with Crippen molar-refractivity contribution in [1.29, 1.82) is 0 Å². The first-order chi connectivity index (χ1) is 60.4. The molecule has 25 rings (SSSR count). The number of hydrogen-bond donors (Lipinski definition) is 1. The van der Waals surface area contributed by atoms with Crippen LogP contribution in [0.15, 0.2) is 444 Å². The van der Waals surface area contributed by atoms with Crippen LogP contribution >= 0.6 is 31.9 Å². The van der Waals surface area contributed by atoms with E-state index < -0.39 is 0 Å². The van der Waals surface area contributed by atoms with Crippen molar-refractivity contribution < 1.29 is 22.1 Å². The van der Waals surface area contributed by atoms with Crippen molar-refractivity contribution in [3.05, 3.63) is 421 Å². The lowest BCUT2D eigenvalue weighted by Gasteiger charge is -2.27. The summed E-state index contributed by atoms with van der Waals surface area (Å²) in [7, 11) is 0. The Hall–Kier alpha value is -15.2. The summed E-state index contributed by atoms with van der Waals surface area (Å²) in [6.45, 7) is 0. The van der Waals surface area contributed by atoms with E-state index in [9.17, 15) is 0 Å². The standard InChI is InChI=1S/C68H42N2O3.C24H17NO.C20H10Br2O/c1-5-21-43(22-6-1)47-33-17-35-53-55-37-19-39-57(67(55)72-65(47)53)69(45-25-9-3-10-26-45)59-41-61-63(51-31-15-13-29-49(51)59)64-52-32-16-14-30-50(52)60(42-62(64)71-61)70(46-27-11-4-12-28-46)58-40-20-38-56-54-36-18-34-48(66(54)73-68(56)58)44-23-7-2-8-24-44;1-3-9-17(10-4-1)19-13-7-14-20-21-15-8-16-22(24(21)26-23(19)20)25-18-11-5-2-6-12-18;21-15-9-17-19(13-7-3-1-5-11(13)15)20-14-8-4-2-6-12(14)16(22)10-18(20)23-17/h1-42H;1-16,25H;1-10H. The molecule has 0 unspecified atom stereocenters. The van der Waals surface area contributed by atoms with E-state index in [4.69, 9.17) is 22.1 Å². The second-order valence-electron chi connectivity index (χ2n) is 30.7. The van der Waals surface area contributed by atoms with Crippen LogP contribution in [0.2, 0.25) is 0 Å².